The number of aromatic nitrogens is 1. The molecule has 3 aromatic rings. The highest BCUT2D eigenvalue weighted by atomic mass is 79.9. The first kappa shape index (κ1) is 17.6. The lowest BCUT2D eigenvalue weighted by molar-refractivity contribution is 0.0984. The molecule has 0 aliphatic carbocycles. The maximum absolute atomic E-state index is 13.2. The average Bonchev–Trinajstić information content (AvgIpc) is 2.61. The minimum Gasteiger partial charge on any atom is -0.304 e. The molecular formula is C19H13BrClFN2O. The molecule has 0 radical (unpaired) electrons. The van der Waals surface area contributed by atoms with Crippen LogP contribution >= 0.6 is 27.5 Å². The van der Waals surface area contributed by atoms with E-state index in [1.165, 1.54) is 12.1 Å². The van der Waals surface area contributed by atoms with Crippen LogP contribution in [-0.4, -0.2) is 10.9 Å². The van der Waals surface area contributed by atoms with E-state index in [0.29, 0.717) is 20.9 Å². The summed E-state index contributed by atoms with van der Waals surface area (Å²) in [6.45, 7) is 0.279. The normalized spacial score (nSPS) is 10.5. The van der Waals surface area contributed by atoms with Crippen LogP contribution in [0.1, 0.15) is 15.9 Å². The molecule has 6 heteroatoms. The molecule has 0 saturated carbocycles. The van der Waals surface area contributed by atoms with Crippen molar-refractivity contribution in [3.63, 3.8) is 0 Å². The predicted octanol–water partition coefficient (Wildman–Crippen LogP) is 5.48. The Hall–Kier alpha value is -2.24. The zero-order valence-electron chi connectivity index (χ0n) is 13.0. The first-order chi connectivity index (χ1) is 12.0. The minimum absolute atomic E-state index is 0.195. The molecule has 0 atom stereocenters. The van der Waals surface area contributed by atoms with Crippen molar-refractivity contribution in [3.8, 4) is 0 Å². The van der Waals surface area contributed by atoms with E-state index >= 15 is 0 Å². The highest BCUT2D eigenvalue weighted by molar-refractivity contribution is 9.10. The molecule has 0 bridgehead atoms. The lowest BCUT2D eigenvalue weighted by Gasteiger charge is -2.23. The van der Waals surface area contributed by atoms with Gasteiger partial charge in [0.15, 0.2) is 0 Å². The van der Waals surface area contributed by atoms with Crippen LogP contribution in [-0.2, 0) is 6.54 Å². The number of anilines is 1. The van der Waals surface area contributed by atoms with Gasteiger partial charge in [0.05, 0.1) is 12.1 Å². The summed E-state index contributed by atoms with van der Waals surface area (Å²) < 4.78 is 13.9. The fourth-order valence-electron chi connectivity index (χ4n) is 2.39. The molecule has 0 aliphatic heterocycles. The summed E-state index contributed by atoms with van der Waals surface area (Å²) in [6.07, 6.45) is 1.54. The van der Waals surface area contributed by atoms with E-state index in [1.807, 2.05) is 12.1 Å². The third-order valence-corrected chi connectivity index (χ3v) is 4.52. The molecule has 3 rings (SSSR count). The first-order valence-corrected chi connectivity index (χ1v) is 8.64. The van der Waals surface area contributed by atoms with Gasteiger partial charge in [0.2, 0.25) is 0 Å². The number of rotatable bonds is 4. The molecule has 0 spiro atoms. The average molecular weight is 420 g/mol. The van der Waals surface area contributed by atoms with Gasteiger partial charge in [-0.25, -0.2) is 9.37 Å². The lowest BCUT2D eigenvalue weighted by atomic mass is 10.1. The third kappa shape index (κ3) is 4.24. The van der Waals surface area contributed by atoms with E-state index < -0.39 is 0 Å². The fourth-order valence-corrected chi connectivity index (χ4v) is 3.02. The van der Waals surface area contributed by atoms with Gasteiger partial charge in [0, 0.05) is 16.4 Å². The van der Waals surface area contributed by atoms with Gasteiger partial charge in [0.25, 0.3) is 5.91 Å². The number of amides is 1. The van der Waals surface area contributed by atoms with Gasteiger partial charge in [-0.3, -0.25) is 4.79 Å². The molecule has 3 nitrogen and oxygen atoms in total. The van der Waals surface area contributed by atoms with Crippen molar-refractivity contribution in [1.82, 2.24) is 4.98 Å². The summed E-state index contributed by atoms with van der Waals surface area (Å²) in [5.74, 6) is -0.515. The maximum Gasteiger partial charge on any atom is 0.259 e. The summed E-state index contributed by atoms with van der Waals surface area (Å²) in [5, 5.41) is 0.293. The van der Waals surface area contributed by atoms with Gasteiger partial charge in [-0.1, -0.05) is 35.9 Å². The predicted molar refractivity (Wildman–Crippen MR) is 100 cm³/mol. The Morgan fingerprint density at radius 2 is 1.84 bits per heavy atom. The van der Waals surface area contributed by atoms with Crippen LogP contribution in [0.4, 0.5) is 10.1 Å². The van der Waals surface area contributed by atoms with Gasteiger partial charge in [0.1, 0.15) is 11.0 Å². The number of pyridine rings is 1. The Morgan fingerprint density at radius 3 is 2.52 bits per heavy atom. The van der Waals surface area contributed by atoms with Crippen molar-refractivity contribution in [2.24, 2.45) is 0 Å². The third-order valence-electron chi connectivity index (χ3n) is 3.63. The monoisotopic (exact) mass is 418 g/mol. The second-order valence-corrected chi connectivity index (χ2v) is 6.58. The summed E-state index contributed by atoms with van der Waals surface area (Å²) in [5.41, 5.74) is 1.94. The van der Waals surface area contributed by atoms with Crippen molar-refractivity contribution in [2.75, 3.05) is 4.90 Å². The molecule has 1 heterocycles. The quantitative estimate of drug-likeness (QED) is 0.524. The second kappa shape index (κ2) is 7.76. The van der Waals surface area contributed by atoms with Gasteiger partial charge >= 0.3 is 0 Å². The topological polar surface area (TPSA) is 33.2 Å². The van der Waals surface area contributed by atoms with Gasteiger partial charge in [-0.05, 0) is 57.9 Å². The number of nitrogens with zero attached hydrogens (tertiary/aromatic N) is 2. The Morgan fingerprint density at radius 1 is 1.12 bits per heavy atom. The van der Waals surface area contributed by atoms with Crippen molar-refractivity contribution >= 4 is 39.1 Å². The molecule has 126 valence electrons. The molecule has 0 aliphatic rings. The maximum atomic E-state index is 13.2. The minimum atomic E-state index is -0.320. The Kier molecular flexibility index (Phi) is 5.46. The molecule has 0 fully saturated rings. The molecule has 0 saturated heterocycles. The van der Waals surface area contributed by atoms with Crippen LogP contribution in [0.3, 0.4) is 0 Å². The van der Waals surface area contributed by atoms with Gasteiger partial charge < -0.3 is 4.90 Å². The molecule has 0 N–H and O–H groups in total. The van der Waals surface area contributed by atoms with Crippen molar-refractivity contribution in [2.45, 2.75) is 6.54 Å². The van der Waals surface area contributed by atoms with Crippen LogP contribution in [0.15, 0.2) is 71.3 Å². The van der Waals surface area contributed by atoms with Gasteiger partial charge in [-0.15, -0.1) is 0 Å². The molecule has 1 amide bonds. The Balaban J connectivity index is 2.01. The summed E-state index contributed by atoms with van der Waals surface area (Å²) >= 11 is 9.40. The smallest absolute Gasteiger partial charge is 0.259 e. The van der Waals surface area contributed by atoms with E-state index in [4.69, 9.17) is 11.6 Å². The van der Waals surface area contributed by atoms with Crippen LogP contribution in [0.2, 0.25) is 5.15 Å². The molecular weight excluding hydrogens is 407 g/mol. The van der Waals surface area contributed by atoms with E-state index in [9.17, 15) is 9.18 Å². The van der Waals surface area contributed by atoms with Crippen LogP contribution in [0, 0.1) is 5.82 Å². The SMILES string of the molecule is O=C(c1ccccc1Br)N(Cc1ccc(F)cc1)c1ccnc(Cl)c1. The summed E-state index contributed by atoms with van der Waals surface area (Å²) in [7, 11) is 0. The molecule has 25 heavy (non-hydrogen) atoms. The number of carbonyl (C=O) groups is 1. The highest BCUT2D eigenvalue weighted by Gasteiger charge is 2.20. The van der Waals surface area contributed by atoms with Crippen molar-refractivity contribution in [1.29, 1.82) is 0 Å². The number of hydrogen-bond donors (Lipinski definition) is 0. The molecule has 1 aromatic heterocycles. The van der Waals surface area contributed by atoms with Crippen LogP contribution < -0.4 is 4.90 Å². The van der Waals surface area contributed by atoms with E-state index in [-0.39, 0.29) is 18.3 Å². The standard InChI is InChI=1S/C19H13BrClFN2O/c20-17-4-2-1-3-16(17)19(25)24(15-9-10-23-18(21)11-15)12-13-5-7-14(22)8-6-13/h1-11H,12H2. The zero-order valence-corrected chi connectivity index (χ0v) is 15.3. The lowest BCUT2D eigenvalue weighted by Crippen LogP contribution is -2.30. The largest absolute Gasteiger partial charge is 0.304 e. The fraction of sp³-hybridized carbons (Fsp3) is 0.0526. The number of halogens is 3. The zero-order chi connectivity index (χ0) is 17.8. The Bertz CT molecular complexity index is 902. The highest BCUT2D eigenvalue weighted by Crippen LogP contribution is 2.25. The summed E-state index contributed by atoms with van der Waals surface area (Å²) in [6, 6.07) is 16.6. The molecule has 2 aromatic carbocycles. The molecule has 0 unspecified atom stereocenters. The van der Waals surface area contributed by atoms with E-state index in [0.717, 1.165) is 5.56 Å². The second-order valence-electron chi connectivity index (χ2n) is 5.33. The number of carbonyl (C=O) groups excluding carboxylic acids is 1. The van der Waals surface area contributed by atoms with E-state index in [2.05, 4.69) is 20.9 Å². The van der Waals surface area contributed by atoms with Crippen LogP contribution in [0.5, 0.6) is 0 Å². The summed E-state index contributed by atoms with van der Waals surface area (Å²) in [4.78, 5) is 18.7. The van der Waals surface area contributed by atoms with Gasteiger partial charge in [-0.2, -0.15) is 0 Å². The number of benzene rings is 2. The van der Waals surface area contributed by atoms with E-state index in [1.54, 1.807) is 47.5 Å². The number of hydrogen-bond acceptors (Lipinski definition) is 2. The van der Waals surface area contributed by atoms with Crippen LogP contribution in [0.25, 0.3) is 0 Å². The van der Waals surface area contributed by atoms with Crippen molar-refractivity contribution < 1.29 is 9.18 Å². The van der Waals surface area contributed by atoms with Crippen molar-refractivity contribution in [3.05, 3.63) is 93.4 Å². The first-order valence-electron chi connectivity index (χ1n) is 7.47. The Labute approximate surface area is 158 Å².